The number of carbonyl (C=O) groups excluding carboxylic acids is 2. The lowest BCUT2D eigenvalue weighted by atomic mass is 10.1. The molecule has 0 aliphatic carbocycles. The van der Waals surface area contributed by atoms with E-state index in [2.05, 4.69) is 22.5 Å². The number of carbonyl (C=O) groups is 2. The summed E-state index contributed by atoms with van der Waals surface area (Å²) in [5, 5.41) is 4.93. The zero-order chi connectivity index (χ0) is 15.1. The Hall–Kier alpha value is -2.39. The van der Waals surface area contributed by atoms with Crippen molar-refractivity contribution in [3.05, 3.63) is 35.1 Å². The molecule has 0 bridgehead atoms. The third-order valence-electron chi connectivity index (χ3n) is 2.54. The number of amides is 2. The molecule has 1 rings (SSSR count). The summed E-state index contributed by atoms with van der Waals surface area (Å²) < 4.78 is 13.2. The van der Waals surface area contributed by atoms with E-state index in [0.717, 1.165) is 12.1 Å². The molecule has 0 saturated carbocycles. The van der Waals surface area contributed by atoms with E-state index in [1.54, 1.807) is 6.92 Å². The molecule has 0 heterocycles. The first kappa shape index (κ1) is 15.7. The van der Waals surface area contributed by atoms with E-state index in [1.165, 1.54) is 13.1 Å². The van der Waals surface area contributed by atoms with Gasteiger partial charge >= 0.3 is 0 Å². The van der Waals surface area contributed by atoms with Gasteiger partial charge in [0.2, 0.25) is 5.91 Å². The average molecular weight is 277 g/mol. The Morgan fingerprint density at radius 3 is 2.75 bits per heavy atom. The lowest BCUT2D eigenvalue weighted by Crippen LogP contribution is -2.43. The molecule has 4 N–H and O–H groups in total. The normalized spacial score (nSPS) is 11.0. The van der Waals surface area contributed by atoms with Crippen LogP contribution < -0.4 is 16.4 Å². The van der Waals surface area contributed by atoms with E-state index in [0.29, 0.717) is 0 Å². The first-order valence-corrected chi connectivity index (χ1v) is 6.00. The monoisotopic (exact) mass is 277 g/mol. The van der Waals surface area contributed by atoms with Crippen molar-refractivity contribution in [3.8, 4) is 11.8 Å². The fourth-order valence-corrected chi connectivity index (χ4v) is 1.52. The van der Waals surface area contributed by atoms with Gasteiger partial charge in [-0.1, -0.05) is 11.8 Å². The molecule has 106 valence electrons. The Bertz CT molecular complexity index is 576. The molecule has 1 aromatic rings. The number of likely N-dealkylation sites (N-methyl/N-ethyl adjacent to an activating group) is 1. The SMILES string of the molecule is CNC(=O)C(C)NC(=O)c1ccc(F)cc1C#CCN. The molecule has 0 aliphatic rings. The maximum Gasteiger partial charge on any atom is 0.253 e. The summed E-state index contributed by atoms with van der Waals surface area (Å²) in [6, 6.07) is 2.93. The highest BCUT2D eigenvalue weighted by Gasteiger charge is 2.17. The Morgan fingerprint density at radius 2 is 2.15 bits per heavy atom. The topological polar surface area (TPSA) is 84.2 Å². The summed E-state index contributed by atoms with van der Waals surface area (Å²) in [7, 11) is 1.47. The van der Waals surface area contributed by atoms with Gasteiger partial charge in [-0.2, -0.15) is 0 Å². The molecule has 2 amide bonds. The Balaban J connectivity index is 3.00. The molecule has 6 heteroatoms. The number of nitrogens with two attached hydrogens (primary N) is 1. The second-order valence-corrected chi connectivity index (χ2v) is 4.01. The number of halogens is 1. The molecule has 5 nitrogen and oxygen atoms in total. The standard InChI is InChI=1S/C14H16FN3O2/c1-9(13(19)17-2)18-14(20)12-6-5-11(15)8-10(12)4-3-7-16/h5-6,8-9H,7,16H2,1-2H3,(H,17,19)(H,18,20). The molecule has 1 unspecified atom stereocenters. The summed E-state index contributed by atoms with van der Waals surface area (Å²) in [6.45, 7) is 1.65. The first-order chi connectivity index (χ1) is 9.49. The van der Waals surface area contributed by atoms with E-state index in [4.69, 9.17) is 5.73 Å². The van der Waals surface area contributed by atoms with Gasteiger partial charge in [0, 0.05) is 12.6 Å². The lowest BCUT2D eigenvalue weighted by Gasteiger charge is -2.13. The van der Waals surface area contributed by atoms with Crippen LogP contribution in [0.25, 0.3) is 0 Å². The van der Waals surface area contributed by atoms with E-state index < -0.39 is 17.8 Å². The van der Waals surface area contributed by atoms with Gasteiger partial charge in [-0.3, -0.25) is 9.59 Å². The quantitative estimate of drug-likeness (QED) is 0.680. The van der Waals surface area contributed by atoms with Crippen molar-refractivity contribution in [2.24, 2.45) is 5.73 Å². The number of rotatable bonds is 3. The first-order valence-electron chi connectivity index (χ1n) is 6.00. The van der Waals surface area contributed by atoms with Crippen LogP contribution in [0.3, 0.4) is 0 Å². The van der Waals surface area contributed by atoms with Crippen LogP contribution in [-0.4, -0.2) is 31.4 Å². The summed E-state index contributed by atoms with van der Waals surface area (Å²) in [6.07, 6.45) is 0. The van der Waals surface area contributed by atoms with Crippen molar-refractivity contribution < 1.29 is 14.0 Å². The van der Waals surface area contributed by atoms with Crippen LogP contribution in [0.4, 0.5) is 4.39 Å². The van der Waals surface area contributed by atoms with Crippen molar-refractivity contribution >= 4 is 11.8 Å². The number of hydrogen-bond donors (Lipinski definition) is 3. The van der Waals surface area contributed by atoms with Crippen LogP contribution in [0, 0.1) is 17.7 Å². The highest BCUT2D eigenvalue weighted by Crippen LogP contribution is 2.10. The van der Waals surface area contributed by atoms with Crippen LogP contribution in [-0.2, 0) is 4.79 Å². The van der Waals surface area contributed by atoms with Gasteiger partial charge in [-0.15, -0.1) is 0 Å². The Kier molecular flexibility index (Phi) is 5.69. The van der Waals surface area contributed by atoms with Crippen molar-refractivity contribution in [1.82, 2.24) is 10.6 Å². The van der Waals surface area contributed by atoms with Crippen molar-refractivity contribution in [2.75, 3.05) is 13.6 Å². The van der Waals surface area contributed by atoms with Gasteiger partial charge in [0.1, 0.15) is 11.9 Å². The summed E-state index contributed by atoms with van der Waals surface area (Å²) >= 11 is 0. The second kappa shape index (κ2) is 7.26. The zero-order valence-corrected chi connectivity index (χ0v) is 11.3. The van der Waals surface area contributed by atoms with E-state index >= 15 is 0 Å². The largest absolute Gasteiger partial charge is 0.357 e. The van der Waals surface area contributed by atoms with Crippen molar-refractivity contribution in [3.63, 3.8) is 0 Å². The summed E-state index contributed by atoms with van der Waals surface area (Å²) in [4.78, 5) is 23.4. The molecule has 20 heavy (non-hydrogen) atoms. The third-order valence-corrected chi connectivity index (χ3v) is 2.54. The number of hydrogen-bond acceptors (Lipinski definition) is 3. The highest BCUT2D eigenvalue weighted by atomic mass is 19.1. The molecule has 1 atom stereocenters. The van der Waals surface area contributed by atoms with Crippen LogP contribution in [0.5, 0.6) is 0 Å². The highest BCUT2D eigenvalue weighted by molar-refractivity contribution is 5.99. The summed E-state index contributed by atoms with van der Waals surface area (Å²) in [5.41, 5.74) is 5.69. The minimum atomic E-state index is -0.701. The molecule has 0 aromatic heterocycles. The smallest absolute Gasteiger partial charge is 0.253 e. The Morgan fingerprint density at radius 1 is 1.45 bits per heavy atom. The fourth-order valence-electron chi connectivity index (χ4n) is 1.52. The maximum atomic E-state index is 13.2. The molecular weight excluding hydrogens is 261 g/mol. The van der Waals surface area contributed by atoms with Gasteiger partial charge < -0.3 is 16.4 Å². The van der Waals surface area contributed by atoms with Crippen molar-refractivity contribution in [1.29, 1.82) is 0 Å². The van der Waals surface area contributed by atoms with Crippen LogP contribution >= 0.6 is 0 Å². The number of nitrogens with one attached hydrogen (secondary N) is 2. The van der Waals surface area contributed by atoms with Crippen molar-refractivity contribution in [2.45, 2.75) is 13.0 Å². The predicted molar refractivity (Wildman–Crippen MR) is 73.3 cm³/mol. The second-order valence-electron chi connectivity index (χ2n) is 4.01. The fraction of sp³-hybridized carbons (Fsp3) is 0.286. The van der Waals surface area contributed by atoms with E-state index in [9.17, 15) is 14.0 Å². The minimum Gasteiger partial charge on any atom is -0.357 e. The molecular formula is C14H16FN3O2. The van der Waals surface area contributed by atoms with Gasteiger partial charge in [0.25, 0.3) is 5.91 Å². The van der Waals surface area contributed by atoms with Crippen LogP contribution in [0.1, 0.15) is 22.8 Å². The molecule has 1 aromatic carbocycles. The van der Waals surface area contributed by atoms with E-state index in [1.807, 2.05) is 0 Å². The molecule has 0 spiro atoms. The zero-order valence-electron chi connectivity index (χ0n) is 11.3. The summed E-state index contributed by atoms with van der Waals surface area (Å²) in [5.74, 6) is 3.88. The van der Waals surface area contributed by atoms with Gasteiger partial charge in [0.15, 0.2) is 0 Å². The Labute approximate surface area is 116 Å². The molecule has 0 fully saturated rings. The van der Waals surface area contributed by atoms with Crippen LogP contribution in [0.15, 0.2) is 18.2 Å². The lowest BCUT2D eigenvalue weighted by molar-refractivity contribution is -0.122. The van der Waals surface area contributed by atoms with E-state index in [-0.39, 0.29) is 23.6 Å². The third kappa shape index (κ3) is 4.07. The number of benzene rings is 1. The van der Waals surface area contributed by atoms with Gasteiger partial charge in [-0.05, 0) is 25.1 Å². The predicted octanol–water partition coefficient (Wildman–Crippen LogP) is 0.000200. The van der Waals surface area contributed by atoms with Gasteiger partial charge in [-0.25, -0.2) is 4.39 Å². The minimum absolute atomic E-state index is 0.103. The molecule has 0 saturated heterocycles. The molecule has 0 aliphatic heterocycles. The maximum absolute atomic E-state index is 13.2. The van der Waals surface area contributed by atoms with Gasteiger partial charge in [0.05, 0.1) is 12.1 Å². The average Bonchev–Trinajstić information content (AvgIpc) is 2.43. The van der Waals surface area contributed by atoms with Crippen LogP contribution in [0.2, 0.25) is 0 Å². The molecule has 0 radical (unpaired) electrons.